The topological polar surface area (TPSA) is 105 Å². The number of hydrogen-bond acceptors (Lipinski definition) is 5. The Bertz CT molecular complexity index is 748. The lowest BCUT2D eigenvalue weighted by molar-refractivity contribution is -0.870. The molecule has 0 saturated carbocycles. The maximum Gasteiger partial charge on any atom is 0.472 e. The Morgan fingerprint density at radius 3 is 2.18 bits per heavy atom. The SMILES string of the molecule is CC/C=C\C/C=C\C/C=C\CCCCCC(=O)NC(COP(=O)(O)OCC[N+](C)(C)C)C(O)CCCCCC. The zero-order valence-electron chi connectivity index (χ0n) is 25.4. The molecule has 3 N–H and O–H groups in total. The molecule has 3 atom stereocenters. The summed E-state index contributed by atoms with van der Waals surface area (Å²) in [4.78, 5) is 22.6. The number of rotatable bonds is 25. The van der Waals surface area contributed by atoms with E-state index in [1.165, 1.54) is 0 Å². The number of allylic oxidation sites excluding steroid dienone is 6. The maximum atomic E-state index is 12.6. The van der Waals surface area contributed by atoms with Gasteiger partial charge in [-0.05, 0) is 44.9 Å². The summed E-state index contributed by atoms with van der Waals surface area (Å²) < 4.78 is 23.1. The largest absolute Gasteiger partial charge is 0.472 e. The lowest BCUT2D eigenvalue weighted by Gasteiger charge is -2.26. The molecule has 0 saturated heterocycles. The third kappa shape index (κ3) is 25.4. The van der Waals surface area contributed by atoms with Crippen LogP contribution in [0.15, 0.2) is 36.5 Å². The first-order valence-electron chi connectivity index (χ1n) is 14.9. The molecular formula is C30H58N2O6P+. The minimum atomic E-state index is -4.29. The summed E-state index contributed by atoms with van der Waals surface area (Å²) in [6.45, 7) is 4.57. The van der Waals surface area contributed by atoms with E-state index in [0.717, 1.165) is 70.6 Å². The number of aliphatic hydroxyl groups is 1. The van der Waals surface area contributed by atoms with Crippen LogP contribution in [0.5, 0.6) is 0 Å². The summed E-state index contributed by atoms with van der Waals surface area (Å²) in [6.07, 6.45) is 23.7. The summed E-state index contributed by atoms with van der Waals surface area (Å²) in [5.41, 5.74) is 0. The molecule has 0 radical (unpaired) electrons. The number of likely N-dealkylation sites (N-methyl/N-ethyl adjacent to an activating group) is 1. The van der Waals surface area contributed by atoms with Crippen LogP contribution >= 0.6 is 7.82 Å². The standard InChI is InChI=1S/C30H57N2O6P/c1-6-8-10-12-13-14-15-16-17-18-19-20-22-24-30(34)31-28(29(33)23-21-11-9-7-2)27-38-39(35,36)37-26-25-32(3,4)5/h8,10,13-14,16-17,28-29,33H,6-7,9,11-12,15,18-27H2,1-5H3,(H-,31,34,35,36)/p+1/b10-8-,14-13-,17-16-. The van der Waals surface area contributed by atoms with Crippen molar-refractivity contribution in [3.8, 4) is 0 Å². The van der Waals surface area contributed by atoms with Gasteiger partial charge in [-0.3, -0.25) is 13.8 Å². The summed E-state index contributed by atoms with van der Waals surface area (Å²) in [7, 11) is 1.58. The first kappa shape index (κ1) is 37.7. The molecule has 0 aromatic rings. The minimum absolute atomic E-state index is 0.0659. The molecule has 0 aliphatic carbocycles. The highest BCUT2D eigenvalue weighted by atomic mass is 31.2. The summed E-state index contributed by atoms with van der Waals surface area (Å²) in [5.74, 6) is -0.187. The molecule has 0 aliphatic heterocycles. The van der Waals surface area contributed by atoms with E-state index < -0.39 is 20.0 Å². The van der Waals surface area contributed by atoms with E-state index >= 15 is 0 Å². The quantitative estimate of drug-likeness (QED) is 0.0502. The molecule has 8 nitrogen and oxygen atoms in total. The van der Waals surface area contributed by atoms with E-state index in [1.54, 1.807) is 0 Å². The van der Waals surface area contributed by atoms with Crippen LogP contribution in [0.1, 0.15) is 97.3 Å². The van der Waals surface area contributed by atoms with E-state index in [4.69, 9.17) is 9.05 Å². The number of unbranched alkanes of at least 4 members (excludes halogenated alkanes) is 6. The Hall–Kier alpha value is -1.28. The van der Waals surface area contributed by atoms with Gasteiger partial charge in [0.2, 0.25) is 5.91 Å². The lowest BCUT2D eigenvalue weighted by Crippen LogP contribution is -2.46. The number of nitrogens with zero attached hydrogens (tertiary/aromatic N) is 1. The van der Waals surface area contributed by atoms with E-state index in [1.807, 2.05) is 21.1 Å². The second-order valence-electron chi connectivity index (χ2n) is 11.1. The number of carbonyl (C=O) groups excluding carboxylic acids is 1. The minimum Gasteiger partial charge on any atom is -0.391 e. The number of phosphoric acid groups is 1. The van der Waals surface area contributed by atoms with Gasteiger partial charge in [0.15, 0.2) is 0 Å². The molecule has 3 unspecified atom stereocenters. The van der Waals surface area contributed by atoms with Crippen LogP contribution in [-0.4, -0.2) is 73.4 Å². The van der Waals surface area contributed by atoms with Crippen molar-refractivity contribution < 1.29 is 32.9 Å². The Labute approximate surface area is 238 Å². The Morgan fingerprint density at radius 2 is 1.54 bits per heavy atom. The highest BCUT2D eigenvalue weighted by Crippen LogP contribution is 2.43. The first-order chi connectivity index (χ1) is 18.5. The van der Waals surface area contributed by atoms with Crippen LogP contribution in [0.25, 0.3) is 0 Å². The van der Waals surface area contributed by atoms with Gasteiger partial charge in [0.1, 0.15) is 13.2 Å². The zero-order valence-corrected chi connectivity index (χ0v) is 26.2. The van der Waals surface area contributed by atoms with E-state index in [-0.39, 0.29) is 19.1 Å². The van der Waals surface area contributed by atoms with E-state index in [0.29, 0.717) is 23.9 Å². The van der Waals surface area contributed by atoms with Crippen molar-refractivity contribution in [2.45, 2.75) is 109 Å². The fourth-order valence-corrected chi connectivity index (χ4v) is 4.44. The van der Waals surface area contributed by atoms with Crippen molar-refractivity contribution in [1.82, 2.24) is 5.32 Å². The van der Waals surface area contributed by atoms with E-state index in [2.05, 4.69) is 55.6 Å². The van der Waals surface area contributed by atoms with Crippen molar-refractivity contribution in [1.29, 1.82) is 0 Å². The number of aliphatic hydroxyl groups excluding tert-OH is 1. The number of nitrogens with one attached hydrogen (secondary N) is 1. The number of quaternary nitrogens is 1. The molecule has 0 rings (SSSR count). The van der Waals surface area contributed by atoms with Gasteiger partial charge >= 0.3 is 7.82 Å². The van der Waals surface area contributed by atoms with Gasteiger partial charge in [0.25, 0.3) is 0 Å². The van der Waals surface area contributed by atoms with Gasteiger partial charge in [0.05, 0.1) is 39.9 Å². The third-order valence-electron chi connectivity index (χ3n) is 6.15. The van der Waals surface area contributed by atoms with Crippen molar-refractivity contribution >= 4 is 13.7 Å². The van der Waals surface area contributed by atoms with Gasteiger partial charge in [-0.1, -0.05) is 82.4 Å². The second kappa shape index (κ2) is 23.4. The van der Waals surface area contributed by atoms with Crippen LogP contribution in [0, 0.1) is 0 Å². The molecule has 9 heteroatoms. The molecule has 1 amide bonds. The molecule has 39 heavy (non-hydrogen) atoms. The van der Waals surface area contributed by atoms with Crippen LogP contribution < -0.4 is 5.32 Å². The number of phosphoric ester groups is 1. The molecular weight excluding hydrogens is 515 g/mol. The molecule has 228 valence electrons. The van der Waals surface area contributed by atoms with Crippen molar-refractivity contribution in [2.24, 2.45) is 0 Å². The molecule has 0 heterocycles. The second-order valence-corrected chi connectivity index (χ2v) is 12.5. The van der Waals surface area contributed by atoms with Crippen molar-refractivity contribution in [2.75, 3.05) is 40.9 Å². The normalized spacial score (nSPS) is 15.8. The fraction of sp³-hybridized carbons (Fsp3) is 0.767. The molecule has 0 bridgehead atoms. The fourth-order valence-electron chi connectivity index (χ4n) is 3.70. The van der Waals surface area contributed by atoms with Gasteiger partial charge in [-0.25, -0.2) is 4.57 Å². The average molecular weight is 574 g/mol. The highest BCUT2D eigenvalue weighted by Gasteiger charge is 2.28. The third-order valence-corrected chi connectivity index (χ3v) is 7.14. The molecule has 0 spiro atoms. The molecule has 0 aromatic carbocycles. The lowest BCUT2D eigenvalue weighted by atomic mass is 10.0. The van der Waals surface area contributed by atoms with Gasteiger partial charge in [0, 0.05) is 6.42 Å². The maximum absolute atomic E-state index is 12.6. The van der Waals surface area contributed by atoms with Crippen LogP contribution in [0.4, 0.5) is 0 Å². The summed E-state index contributed by atoms with van der Waals surface area (Å²) in [5, 5.41) is 13.5. The van der Waals surface area contributed by atoms with E-state index in [9.17, 15) is 19.4 Å². The highest BCUT2D eigenvalue weighted by molar-refractivity contribution is 7.47. The predicted molar refractivity (Wildman–Crippen MR) is 161 cm³/mol. The van der Waals surface area contributed by atoms with Crippen LogP contribution in [0.3, 0.4) is 0 Å². The number of hydrogen-bond donors (Lipinski definition) is 3. The Balaban J connectivity index is 4.49. The molecule has 0 aromatic heterocycles. The Kier molecular flexibility index (Phi) is 22.7. The smallest absolute Gasteiger partial charge is 0.391 e. The number of amides is 1. The average Bonchev–Trinajstić information content (AvgIpc) is 2.86. The van der Waals surface area contributed by atoms with Gasteiger partial charge in [-0.2, -0.15) is 0 Å². The predicted octanol–water partition coefficient (Wildman–Crippen LogP) is 6.45. The van der Waals surface area contributed by atoms with Crippen LogP contribution in [-0.2, 0) is 18.4 Å². The zero-order chi connectivity index (χ0) is 29.4. The Morgan fingerprint density at radius 1 is 0.897 bits per heavy atom. The molecule has 0 fully saturated rings. The molecule has 0 aliphatic rings. The van der Waals surface area contributed by atoms with Gasteiger partial charge < -0.3 is 19.8 Å². The number of carbonyl (C=O) groups is 1. The van der Waals surface area contributed by atoms with Crippen LogP contribution in [0.2, 0.25) is 0 Å². The summed E-state index contributed by atoms with van der Waals surface area (Å²) >= 11 is 0. The monoisotopic (exact) mass is 573 g/mol. The van der Waals surface area contributed by atoms with Gasteiger partial charge in [-0.15, -0.1) is 0 Å². The van der Waals surface area contributed by atoms with Crippen molar-refractivity contribution in [3.63, 3.8) is 0 Å². The first-order valence-corrected chi connectivity index (χ1v) is 16.3. The van der Waals surface area contributed by atoms with Crippen molar-refractivity contribution in [3.05, 3.63) is 36.5 Å². The summed E-state index contributed by atoms with van der Waals surface area (Å²) in [6, 6.07) is -0.768.